The Kier molecular flexibility index (Phi) is 9.57. The average Bonchev–Trinajstić information content (AvgIpc) is 2.82. The maximum atomic E-state index is 13.0. The van der Waals surface area contributed by atoms with Crippen LogP contribution in [0, 0.1) is 23.7 Å². The first-order valence-electron chi connectivity index (χ1n) is 11.5. The van der Waals surface area contributed by atoms with Gasteiger partial charge in [-0.05, 0) is 48.6 Å². The summed E-state index contributed by atoms with van der Waals surface area (Å²) < 4.78 is 11.7. The predicted octanol–water partition coefficient (Wildman–Crippen LogP) is 6.36. The Balaban J connectivity index is 1.52. The van der Waals surface area contributed by atoms with Crippen molar-refractivity contribution in [3.8, 4) is 0 Å². The third-order valence-corrected chi connectivity index (χ3v) is 8.20. The van der Waals surface area contributed by atoms with Gasteiger partial charge in [0, 0.05) is 3.92 Å². The minimum absolute atomic E-state index is 0.103. The van der Waals surface area contributed by atoms with E-state index in [4.69, 9.17) is 9.47 Å². The van der Waals surface area contributed by atoms with Gasteiger partial charge in [-0.1, -0.05) is 97.1 Å². The number of ether oxygens (including phenoxy) is 2. The molecule has 3 rings (SSSR count). The lowest BCUT2D eigenvalue weighted by Crippen LogP contribution is -2.36. The van der Waals surface area contributed by atoms with E-state index in [-0.39, 0.29) is 29.7 Å². The fourth-order valence-electron chi connectivity index (χ4n) is 4.32. The quantitative estimate of drug-likeness (QED) is 0.208. The summed E-state index contributed by atoms with van der Waals surface area (Å²) in [6, 6.07) is 19.5. The van der Waals surface area contributed by atoms with Gasteiger partial charge in [0.1, 0.15) is 13.2 Å². The number of alkyl halides is 1. The first-order chi connectivity index (χ1) is 15.4. The van der Waals surface area contributed by atoms with E-state index in [1.807, 2.05) is 67.6 Å². The fraction of sp³-hybridized carbons (Fsp3) is 0.481. The molecule has 172 valence electrons. The molecule has 0 aromatic heterocycles. The maximum Gasteiger partial charge on any atom is 0.309 e. The van der Waals surface area contributed by atoms with Gasteiger partial charge in [-0.3, -0.25) is 9.59 Å². The number of benzene rings is 2. The zero-order valence-electron chi connectivity index (χ0n) is 18.9. The standard InChI is InChI=1S/C27H33IO4/c1-19(26(29)31-17-21-9-5-3-6-10-21)13-14-23-16-25(28)20(2)15-24(23)27(30)32-18-22-11-7-4-8-12-22/h3-12,19-20,23-25H,13-18H2,1-2H3. The molecule has 5 heteroatoms. The molecule has 0 bridgehead atoms. The second kappa shape index (κ2) is 12.4. The molecule has 0 amide bonds. The summed E-state index contributed by atoms with van der Waals surface area (Å²) in [5.41, 5.74) is 1.99. The van der Waals surface area contributed by atoms with Crippen LogP contribution in [0.15, 0.2) is 60.7 Å². The summed E-state index contributed by atoms with van der Waals surface area (Å²) in [6.45, 7) is 4.75. The lowest BCUT2D eigenvalue weighted by Gasteiger charge is -2.37. The highest BCUT2D eigenvalue weighted by atomic mass is 127. The number of rotatable bonds is 9. The van der Waals surface area contributed by atoms with Gasteiger partial charge in [0.15, 0.2) is 0 Å². The first-order valence-corrected chi connectivity index (χ1v) is 12.7. The first kappa shape index (κ1) is 24.7. The van der Waals surface area contributed by atoms with E-state index in [1.165, 1.54) is 0 Å². The molecule has 0 N–H and O–H groups in total. The van der Waals surface area contributed by atoms with Crippen LogP contribution >= 0.6 is 22.6 Å². The molecule has 2 aromatic carbocycles. The van der Waals surface area contributed by atoms with Crippen molar-refractivity contribution in [2.45, 2.75) is 56.7 Å². The van der Waals surface area contributed by atoms with Gasteiger partial charge in [0.2, 0.25) is 0 Å². The van der Waals surface area contributed by atoms with Crippen molar-refractivity contribution in [2.75, 3.05) is 0 Å². The van der Waals surface area contributed by atoms with Gasteiger partial charge in [-0.2, -0.15) is 0 Å². The number of carbonyl (C=O) groups excluding carboxylic acids is 2. The summed E-state index contributed by atoms with van der Waals surface area (Å²) in [6.07, 6.45) is 3.38. The van der Waals surface area contributed by atoms with Crippen LogP contribution in [-0.4, -0.2) is 15.9 Å². The van der Waals surface area contributed by atoms with E-state index in [1.54, 1.807) is 0 Å². The van der Waals surface area contributed by atoms with Crippen molar-refractivity contribution >= 4 is 34.5 Å². The fourth-order valence-corrected chi connectivity index (χ4v) is 5.27. The van der Waals surface area contributed by atoms with Crippen LogP contribution in [0.1, 0.15) is 50.7 Å². The van der Waals surface area contributed by atoms with E-state index in [0.717, 1.165) is 36.8 Å². The van der Waals surface area contributed by atoms with Crippen LogP contribution in [0.4, 0.5) is 0 Å². The zero-order valence-corrected chi connectivity index (χ0v) is 21.1. The Bertz CT molecular complexity index is 854. The second-order valence-electron chi connectivity index (χ2n) is 9.00. The molecular weight excluding hydrogens is 515 g/mol. The van der Waals surface area contributed by atoms with E-state index in [9.17, 15) is 9.59 Å². The normalized spacial score (nSPS) is 23.8. The van der Waals surface area contributed by atoms with Gasteiger partial charge < -0.3 is 9.47 Å². The summed E-state index contributed by atoms with van der Waals surface area (Å²) >= 11 is 2.51. The third-order valence-electron chi connectivity index (χ3n) is 6.46. The Morgan fingerprint density at radius 3 is 2.09 bits per heavy atom. The topological polar surface area (TPSA) is 52.6 Å². The molecule has 4 nitrogen and oxygen atoms in total. The number of halogens is 1. The second-order valence-corrected chi connectivity index (χ2v) is 10.6. The van der Waals surface area contributed by atoms with Gasteiger partial charge >= 0.3 is 11.9 Å². The molecule has 5 atom stereocenters. The molecule has 1 saturated carbocycles. The Hall–Kier alpha value is -1.89. The molecular formula is C27H33IO4. The molecule has 0 aliphatic heterocycles. The number of hydrogen-bond donors (Lipinski definition) is 0. The van der Waals surface area contributed by atoms with Crippen LogP contribution in [-0.2, 0) is 32.3 Å². The third kappa shape index (κ3) is 7.32. The van der Waals surface area contributed by atoms with Crippen molar-refractivity contribution in [1.82, 2.24) is 0 Å². The summed E-state index contributed by atoms with van der Waals surface area (Å²) in [5, 5.41) is 0. The summed E-state index contributed by atoms with van der Waals surface area (Å²) in [4.78, 5) is 25.4. The molecule has 0 radical (unpaired) electrons. The van der Waals surface area contributed by atoms with E-state index in [2.05, 4.69) is 29.5 Å². The van der Waals surface area contributed by atoms with Gasteiger partial charge in [0.25, 0.3) is 0 Å². The number of carbonyl (C=O) groups is 2. The highest BCUT2D eigenvalue weighted by molar-refractivity contribution is 14.1. The predicted molar refractivity (Wildman–Crippen MR) is 134 cm³/mol. The van der Waals surface area contributed by atoms with Crippen LogP contribution in [0.5, 0.6) is 0 Å². The number of hydrogen-bond acceptors (Lipinski definition) is 4. The lowest BCUT2D eigenvalue weighted by molar-refractivity contribution is -0.154. The van der Waals surface area contributed by atoms with Gasteiger partial charge in [0.05, 0.1) is 11.8 Å². The van der Waals surface area contributed by atoms with E-state index in [0.29, 0.717) is 23.1 Å². The van der Waals surface area contributed by atoms with E-state index >= 15 is 0 Å². The average molecular weight is 548 g/mol. The highest BCUT2D eigenvalue weighted by Gasteiger charge is 2.39. The Labute approximate surface area is 205 Å². The van der Waals surface area contributed by atoms with E-state index < -0.39 is 0 Å². The van der Waals surface area contributed by atoms with Gasteiger partial charge in [-0.25, -0.2) is 0 Å². The SMILES string of the molecule is CC(CCC1CC(I)C(C)CC1C(=O)OCc1ccccc1)C(=O)OCc1ccccc1. The number of esters is 2. The van der Waals surface area contributed by atoms with Crippen LogP contribution < -0.4 is 0 Å². The zero-order chi connectivity index (χ0) is 22.9. The molecule has 0 heterocycles. The molecule has 5 unspecified atom stereocenters. The van der Waals surface area contributed by atoms with Gasteiger partial charge in [-0.15, -0.1) is 0 Å². The summed E-state index contributed by atoms with van der Waals surface area (Å²) in [5.74, 6) is 0.148. The lowest BCUT2D eigenvalue weighted by atomic mass is 9.72. The maximum absolute atomic E-state index is 13.0. The molecule has 2 aromatic rings. The minimum atomic E-state index is -0.188. The highest BCUT2D eigenvalue weighted by Crippen LogP contribution is 2.41. The largest absolute Gasteiger partial charge is 0.461 e. The Morgan fingerprint density at radius 1 is 0.938 bits per heavy atom. The molecule has 32 heavy (non-hydrogen) atoms. The van der Waals surface area contributed by atoms with Crippen LogP contribution in [0.3, 0.4) is 0 Å². The Morgan fingerprint density at radius 2 is 1.50 bits per heavy atom. The molecule has 1 aliphatic carbocycles. The van der Waals surface area contributed by atoms with Crippen molar-refractivity contribution < 1.29 is 19.1 Å². The van der Waals surface area contributed by atoms with Crippen LogP contribution in [0.25, 0.3) is 0 Å². The monoisotopic (exact) mass is 548 g/mol. The summed E-state index contributed by atoms with van der Waals surface area (Å²) in [7, 11) is 0. The minimum Gasteiger partial charge on any atom is -0.461 e. The molecule has 1 aliphatic rings. The molecule has 1 fully saturated rings. The van der Waals surface area contributed by atoms with Crippen molar-refractivity contribution in [3.63, 3.8) is 0 Å². The smallest absolute Gasteiger partial charge is 0.309 e. The molecule has 0 spiro atoms. The van der Waals surface area contributed by atoms with Crippen molar-refractivity contribution in [3.05, 3.63) is 71.8 Å². The van der Waals surface area contributed by atoms with Crippen molar-refractivity contribution in [1.29, 1.82) is 0 Å². The molecule has 0 saturated heterocycles. The van der Waals surface area contributed by atoms with Crippen LogP contribution in [0.2, 0.25) is 0 Å². The van der Waals surface area contributed by atoms with Crippen molar-refractivity contribution in [2.24, 2.45) is 23.7 Å².